The minimum Gasteiger partial charge on any atom is -0.375 e. The molecule has 0 heterocycles. The third kappa shape index (κ3) is 2.65. The van der Waals surface area contributed by atoms with Crippen LogP contribution in [0.2, 0.25) is 0 Å². The second-order valence-electron chi connectivity index (χ2n) is 4.32. The number of ether oxygens (including phenoxy) is 1. The van der Waals surface area contributed by atoms with Crippen LogP contribution in [0.1, 0.15) is 39.0 Å². The predicted molar refractivity (Wildman–Crippen MR) is 58.3 cm³/mol. The molecule has 0 aromatic heterocycles. The van der Waals surface area contributed by atoms with E-state index in [1.54, 1.807) is 0 Å². The van der Waals surface area contributed by atoms with Gasteiger partial charge in [0.1, 0.15) is 4.87 Å². The minimum atomic E-state index is -0.323. The fraction of sp³-hybridized carbons (Fsp3) is 0.833. The lowest BCUT2D eigenvalue weighted by molar-refractivity contribution is 0.113. The van der Waals surface area contributed by atoms with E-state index in [9.17, 15) is 0 Å². The molecule has 0 spiro atoms. The Morgan fingerprint density at radius 1 is 1.50 bits per heavy atom. The van der Waals surface area contributed by atoms with Gasteiger partial charge in [0.2, 0.25) is 0 Å². The van der Waals surface area contributed by atoms with E-state index >= 15 is 0 Å². The van der Waals surface area contributed by atoms with E-state index in [0.717, 1.165) is 19.4 Å². The van der Waals surface area contributed by atoms with Gasteiger partial charge in [0, 0.05) is 18.9 Å². The van der Waals surface area contributed by atoms with Gasteiger partial charge in [-0.2, -0.15) is 0 Å². The van der Waals surface area contributed by atoms with Crippen molar-refractivity contribution in [2.45, 2.75) is 50.0 Å². The zero-order valence-electron chi connectivity index (χ0n) is 8.68. The van der Waals surface area contributed by atoms with E-state index in [4.69, 9.17) is 16.3 Å². The summed E-state index contributed by atoms with van der Waals surface area (Å²) in [6.07, 6.45) is 5.94. The van der Waals surface area contributed by atoms with Gasteiger partial charge in [0.05, 0.1) is 6.10 Å². The molecule has 78 valence electrons. The summed E-state index contributed by atoms with van der Waals surface area (Å²) < 4.78 is 5.63. The zero-order valence-corrected chi connectivity index (χ0v) is 9.44. The first-order chi connectivity index (χ1) is 6.74. The highest BCUT2D eigenvalue weighted by Gasteiger charge is 2.53. The van der Waals surface area contributed by atoms with Crippen molar-refractivity contribution in [2.24, 2.45) is 5.92 Å². The van der Waals surface area contributed by atoms with Gasteiger partial charge >= 0.3 is 0 Å². The van der Waals surface area contributed by atoms with E-state index in [-0.39, 0.29) is 11.0 Å². The molecule has 2 atom stereocenters. The lowest BCUT2D eigenvalue weighted by atomic mass is 10.3. The Labute approximate surface area is 91.2 Å². The Kier molecular flexibility index (Phi) is 3.04. The van der Waals surface area contributed by atoms with Crippen LogP contribution in [0.25, 0.3) is 0 Å². The second-order valence-corrected chi connectivity index (χ2v) is 5.00. The summed E-state index contributed by atoms with van der Waals surface area (Å²) in [5.41, 5.74) is 0. The molecule has 2 unspecified atom stereocenters. The molecule has 0 saturated heterocycles. The van der Waals surface area contributed by atoms with Gasteiger partial charge in [-0.05, 0) is 19.3 Å². The molecule has 2 heteroatoms. The van der Waals surface area contributed by atoms with Gasteiger partial charge in [0.15, 0.2) is 0 Å². The Balaban J connectivity index is 1.70. The lowest BCUT2D eigenvalue weighted by Crippen LogP contribution is -2.07. The molecule has 2 rings (SSSR count). The van der Waals surface area contributed by atoms with Crippen LogP contribution in [0.4, 0.5) is 0 Å². The second kappa shape index (κ2) is 4.13. The maximum atomic E-state index is 6.26. The molecule has 0 aromatic rings. The van der Waals surface area contributed by atoms with E-state index in [1.807, 2.05) is 0 Å². The van der Waals surface area contributed by atoms with Crippen molar-refractivity contribution in [1.82, 2.24) is 0 Å². The van der Waals surface area contributed by atoms with E-state index in [1.165, 1.54) is 19.3 Å². The zero-order chi connectivity index (χ0) is 10.0. The van der Waals surface area contributed by atoms with Crippen molar-refractivity contribution in [3.05, 3.63) is 0 Å². The SMILES string of the molecule is CCCCOC1CC1(Cl)C#CC1CC1. The number of rotatable bonds is 4. The normalized spacial score (nSPS) is 34.9. The van der Waals surface area contributed by atoms with E-state index < -0.39 is 0 Å². The summed E-state index contributed by atoms with van der Waals surface area (Å²) in [5, 5.41) is 0. The molecule has 2 fully saturated rings. The standard InChI is InChI=1S/C12H17ClO/c1-2-3-8-14-11-9-12(11,13)7-6-10-4-5-10/h10-11H,2-5,8-9H2,1H3. The minimum absolute atomic E-state index is 0.196. The smallest absolute Gasteiger partial charge is 0.133 e. The van der Waals surface area contributed by atoms with Crippen LogP contribution in [-0.4, -0.2) is 17.6 Å². The molecule has 2 aliphatic rings. The van der Waals surface area contributed by atoms with E-state index in [0.29, 0.717) is 5.92 Å². The fourth-order valence-corrected chi connectivity index (χ4v) is 1.61. The Morgan fingerprint density at radius 3 is 2.93 bits per heavy atom. The van der Waals surface area contributed by atoms with Crippen molar-refractivity contribution >= 4 is 11.6 Å². The highest BCUT2D eigenvalue weighted by molar-refractivity contribution is 6.28. The van der Waals surface area contributed by atoms with Crippen LogP contribution in [0.3, 0.4) is 0 Å². The van der Waals surface area contributed by atoms with Crippen molar-refractivity contribution in [2.75, 3.05) is 6.61 Å². The van der Waals surface area contributed by atoms with Gasteiger partial charge < -0.3 is 4.74 Å². The number of alkyl halides is 1. The number of unbranched alkanes of at least 4 members (excludes halogenated alkanes) is 1. The molecule has 0 radical (unpaired) electrons. The van der Waals surface area contributed by atoms with Crippen LogP contribution in [0.15, 0.2) is 0 Å². The molecule has 0 aliphatic heterocycles. The molecule has 2 aliphatic carbocycles. The Morgan fingerprint density at radius 2 is 2.29 bits per heavy atom. The molecular weight excluding hydrogens is 196 g/mol. The summed E-state index contributed by atoms with van der Waals surface area (Å²) >= 11 is 6.26. The molecule has 0 N–H and O–H groups in total. The van der Waals surface area contributed by atoms with Crippen LogP contribution < -0.4 is 0 Å². The van der Waals surface area contributed by atoms with Gasteiger partial charge in [-0.3, -0.25) is 0 Å². The van der Waals surface area contributed by atoms with Crippen LogP contribution in [0, 0.1) is 17.8 Å². The lowest BCUT2D eigenvalue weighted by Gasteiger charge is -2.02. The number of hydrogen-bond acceptors (Lipinski definition) is 1. The quantitative estimate of drug-likeness (QED) is 0.396. The monoisotopic (exact) mass is 212 g/mol. The van der Waals surface area contributed by atoms with Gasteiger partial charge in [-0.15, -0.1) is 11.6 Å². The molecule has 1 nitrogen and oxygen atoms in total. The van der Waals surface area contributed by atoms with Gasteiger partial charge in [0.25, 0.3) is 0 Å². The maximum Gasteiger partial charge on any atom is 0.133 e. The summed E-state index contributed by atoms with van der Waals surface area (Å²) in [6.45, 7) is 3.00. The van der Waals surface area contributed by atoms with Crippen molar-refractivity contribution in [3.8, 4) is 11.8 Å². The summed E-state index contributed by atoms with van der Waals surface area (Å²) in [6, 6.07) is 0. The summed E-state index contributed by atoms with van der Waals surface area (Å²) in [4.78, 5) is -0.323. The first kappa shape index (κ1) is 10.3. The third-order valence-electron chi connectivity index (χ3n) is 2.71. The Hall–Kier alpha value is -0.190. The molecule has 0 aromatic carbocycles. The topological polar surface area (TPSA) is 9.23 Å². The number of halogens is 1. The Bertz CT molecular complexity index is 261. The van der Waals surface area contributed by atoms with E-state index in [2.05, 4.69) is 18.8 Å². The summed E-state index contributed by atoms with van der Waals surface area (Å²) in [5.74, 6) is 7.02. The van der Waals surface area contributed by atoms with Crippen LogP contribution in [-0.2, 0) is 4.74 Å². The van der Waals surface area contributed by atoms with Gasteiger partial charge in [-0.25, -0.2) is 0 Å². The highest BCUT2D eigenvalue weighted by atomic mass is 35.5. The number of hydrogen-bond donors (Lipinski definition) is 0. The van der Waals surface area contributed by atoms with Gasteiger partial charge in [-0.1, -0.05) is 25.2 Å². The average Bonchev–Trinajstić information content (AvgIpc) is 3.02. The fourth-order valence-electron chi connectivity index (χ4n) is 1.35. The van der Waals surface area contributed by atoms with Crippen molar-refractivity contribution < 1.29 is 4.74 Å². The predicted octanol–water partition coefficient (Wildman–Crippen LogP) is 2.97. The summed E-state index contributed by atoms with van der Waals surface area (Å²) in [7, 11) is 0. The first-order valence-corrected chi connectivity index (χ1v) is 5.95. The average molecular weight is 213 g/mol. The molecular formula is C12H17ClO. The molecule has 2 saturated carbocycles. The largest absolute Gasteiger partial charge is 0.375 e. The van der Waals surface area contributed by atoms with Crippen molar-refractivity contribution in [3.63, 3.8) is 0 Å². The van der Waals surface area contributed by atoms with Crippen molar-refractivity contribution in [1.29, 1.82) is 0 Å². The maximum absolute atomic E-state index is 6.26. The molecule has 14 heavy (non-hydrogen) atoms. The molecule has 0 bridgehead atoms. The van der Waals surface area contributed by atoms with Crippen LogP contribution in [0.5, 0.6) is 0 Å². The molecule has 0 amide bonds. The highest BCUT2D eigenvalue weighted by Crippen LogP contribution is 2.45. The van der Waals surface area contributed by atoms with Crippen LogP contribution >= 0.6 is 11.6 Å². The first-order valence-electron chi connectivity index (χ1n) is 5.58. The third-order valence-corrected chi connectivity index (χ3v) is 3.20.